The Morgan fingerprint density at radius 3 is 2.27 bits per heavy atom. The van der Waals surface area contributed by atoms with Crippen molar-refractivity contribution in [2.24, 2.45) is 23.2 Å². The van der Waals surface area contributed by atoms with Gasteiger partial charge in [-0.2, -0.15) is 0 Å². The Morgan fingerprint density at radius 1 is 1.36 bits per heavy atom. The molecule has 1 nitrogen and oxygen atoms in total. The summed E-state index contributed by atoms with van der Waals surface area (Å²) in [5.41, 5.74) is 0.554. The molecule has 2 aliphatic rings. The first kappa shape index (κ1) is 7.60. The van der Waals surface area contributed by atoms with Gasteiger partial charge in [0.05, 0.1) is 6.10 Å². The molecule has 64 valence electrons. The quantitative estimate of drug-likeness (QED) is 0.613. The maximum Gasteiger partial charge on any atom is 0.0574 e. The normalized spacial score (nSPS) is 54.8. The molecule has 1 heteroatoms. The van der Waals surface area contributed by atoms with Crippen LogP contribution in [0.4, 0.5) is 0 Å². The predicted octanol–water partition coefficient (Wildman–Crippen LogP) is 2.05. The molecule has 2 saturated carbocycles. The summed E-state index contributed by atoms with van der Waals surface area (Å²) in [6.45, 7) is 6.79. The number of rotatable bonds is 1. The van der Waals surface area contributed by atoms with Crippen LogP contribution in [0, 0.1) is 23.2 Å². The van der Waals surface area contributed by atoms with Crippen molar-refractivity contribution in [3.05, 3.63) is 0 Å². The van der Waals surface area contributed by atoms with E-state index in [0.29, 0.717) is 11.3 Å². The van der Waals surface area contributed by atoms with Gasteiger partial charge in [-0.3, -0.25) is 0 Å². The molecule has 4 atom stereocenters. The van der Waals surface area contributed by atoms with Gasteiger partial charge in [0.25, 0.3) is 0 Å². The summed E-state index contributed by atoms with van der Waals surface area (Å²) in [7, 11) is 0. The third-order valence-corrected chi connectivity index (χ3v) is 4.16. The summed E-state index contributed by atoms with van der Waals surface area (Å²) < 4.78 is 0. The largest absolute Gasteiger partial charge is 0.393 e. The molecule has 0 radical (unpaired) electrons. The minimum Gasteiger partial charge on any atom is -0.393 e. The lowest BCUT2D eigenvalue weighted by atomic mass is 9.89. The first-order valence-electron chi connectivity index (χ1n) is 4.76. The second-order valence-corrected chi connectivity index (χ2v) is 4.83. The van der Waals surface area contributed by atoms with E-state index in [1.54, 1.807) is 0 Å². The van der Waals surface area contributed by atoms with Gasteiger partial charge in [-0.15, -0.1) is 0 Å². The number of hydrogen-bond donors (Lipinski definition) is 1. The van der Waals surface area contributed by atoms with Gasteiger partial charge < -0.3 is 5.11 Å². The smallest absolute Gasteiger partial charge is 0.0574 e. The minimum atomic E-state index is -0.00356. The van der Waals surface area contributed by atoms with Gasteiger partial charge in [0.15, 0.2) is 0 Å². The lowest BCUT2D eigenvalue weighted by Crippen LogP contribution is -2.15. The average molecular weight is 154 g/mol. The minimum absolute atomic E-state index is 0.00356. The van der Waals surface area contributed by atoms with E-state index in [4.69, 9.17) is 0 Å². The molecule has 2 aliphatic carbocycles. The third kappa shape index (κ3) is 0.807. The standard InChI is InChI=1S/C10H18O/c1-6(2)10-4-8(10)7(3)9(11)5-10/h6-9,11H,4-5H2,1-3H3/t7-,8-,9-,10+/m0/s1. The summed E-state index contributed by atoms with van der Waals surface area (Å²) in [5.74, 6) is 2.18. The van der Waals surface area contributed by atoms with Gasteiger partial charge in [-0.25, -0.2) is 0 Å². The molecule has 2 rings (SSSR count). The second kappa shape index (κ2) is 2.01. The van der Waals surface area contributed by atoms with Crippen LogP contribution in [0.25, 0.3) is 0 Å². The Labute approximate surface area is 68.8 Å². The molecule has 0 aliphatic heterocycles. The van der Waals surface area contributed by atoms with E-state index in [1.165, 1.54) is 6.42 Å². The van der Waals surface area contributed by atoms with Crippen LogP contribution in [0.5, 0.6) is 0 Å². The van der Waals surface area contributed by atoms with Gasteiger partial charge in [0.1, 0.15) is 0 Å². The molecular weight excluding hydrogens is 136 g/mol. The Balaban J connectivity index is 2.13. The maximum absolute atomic E-state index is 9.61. The van der Waals surface area contributed by atoms with Crippen molar-refractivity contribution in [2.45, 2.75) is 39.7 Å². The van der Waals surface area contributed by atoms with Crippen molar-refractivity contribution in [1.82, 2.24) is 0 Å². The van der Waals surface area contributed by atoms with Crippen LogP contribution in [0.1, 0.15) is 33.6 Å². The fraction of sp³-hybridized carbons (Fsp3) is 1.00. The summed E-state index contributed by atoms with van der Waals surface area (Å²) in [6.07, 6.45) is 2.44. The molecular formula is C10H18O. The highest BCUT2D eigenvalue weighted by atomic mass is 16.3. The van der Waals surface area contributed by atoms with Crippen LogP contribution in [-0.2, 0) is 0 Å². The Hall–Kier alpha value is -0.0400. The van der Waals surface area contributed by atoms with E-state index < -0.39 is 0 Å². The maximum atomic E-state index is 9.61. The van der Waals surface area contributed by atoms with E-state index in [2.05, 4.69) is 20.8 Å². The zero-order valence-corrected chi connectivity index (χ0v) is 7.67. The Morgan fingerprint density at radius 2 is 2.00 bits per heavy atom. The summed E-state index contributed by atoms with van der Waals surface area (Å²) >= 11 is 0. The van der Waals surface area contributed by atoms with Gasteiger partial charge in [0.2, 0.25) is 0 Å². The zero-order chi connectivity index (χ0) is 8.22. The fourth-order valence-electron chi connectivity index (χ4n) is 3.04. The van der Waals surface area contributed by atoms with Crippen molar-refractivity contribution in [3.8, 4) is 0 Å². The topological polar surface area (TPSA) is 20.2 Å². The first-order chi connectivity index (χ1) is 5.08. The number of fused-ring (bicyclic) bond motifs is 1. The van der Waals surface area contributed by atoms with Crippen LogP contribution in [0.2, 0.25) is 0 Å². The van der Waals surface area contributed by atoms with Crippen LogP contribution < -0.4 is 0 Å². The number of aliphatic hydroxyl groups is 1. The van der Waals surface area contributed by atoms with Gasteiger partial charge in [-0.1, -0.05) is 20.8 Å². The van der Waals surface area contributed by atoms with Crippen LogP contribution >= 0.6 is 0 Å². The molecule has 0 spiro atoms. The van der Waals surface area contributed by atoms with Gasteiger partial charge >= 0.3 is 0 Å². The van der Waals surface area contributed by atoms with E-state index in [0.717, 1.165) is 18.3 Å². The van der Waals surface area contributed by atoms with Crippen LogP contribution in [0.3, 0.4) is 0 Å². The summed E-state index contributed by atoms with van der Waals surface area (Å²) in [6, 6.07) is 0. The second-order valence-electron chi connectivity index (χ2n) is 4.83. The lowest BCUT2D eigenvalue weighted by Gasteiger charge is -2.17. The van der Waals surface area contributed by atoms with Crippen LogP contribution in [0.15, 0.2) is 0 Å². The zero-order valence-electron chi connectivity index (χ0n) is 7.67. The number of aliphatic hydroxyl groups excluding tert-OH is 1. The Bertz CT molecular complexity index is 176. The number of hydrogen-bond acceptors (Lipinski definition) is 1. The molecule has 0 aromatic rings. The van der Waals surface area contributed by atoms with E-state index >= 15 is 0 Å². The molecule has 1 N–H and O–H groups in total. The molecule has 0 aromatic carbocycles. The van der Waals surface area contributed by atoms with E-state index in [-0.39, 0.29) is 6.10 Å². The molecule has 0 aromatic heterocycles. The first-order valence-corrected chi connectivity index (χ1v) is 4.76. The van der Waals surface area contributed by atoms with Crippen molar-refractivity contribution in [1.29, 1.82) is 0 Å². The van der Waals surface area contributed by atoms with Gasteiger partial charge in [0, 0.05) is 0 Å². The lowest BCUT2D eigenvalue weighted by molar-refractivity contribution is 0.113. The Kier molecular flexibility index (Phi) is 1.39. The summed E-state index contributed by atoms with van der Waals surface area (Å²) in [5, 5.41) is 9.61. The summed E-state index contributed by atoms with van der Waals surface area (Å²) in [4.78, 5) is 0. The van der Waals surface area contributed by atoms with Crippen molar-refractivity contribution in [2.75, 3.05) is 0 Å². The highest BCUT2D eigenvalue weighted by molar-refractivity contribution is 5.13. The van der Waals surface area contributed by atoms with E-state index in [1.807, 2.05) is 0 Å². The van der Waals surface area contributed by atoms with Crippen molar-refractivity contribution in [3.63, 3.8) is 0 Å². The van der Waals surface area contributed by atoms with Gasteiger partial charge in [-0.05, 0) is 36.0 Å². The molecule has 11 heavy (non-hydrogen) atoms. The molecule has 2 fully saturated rings. The highest BCUT2D eigenvalue weighted by Crippen LogP contribution is 2.69. The monoisotopic (exact) mass is 154 g/mol. The molecule has 0 bridgehead atoms. The average Bonchev–Trinajstić information content (AvgIpc) is 2.57. The molecule has 0 heterocycles. The highest BCUT2D eigenvalue weighted by Gasteiger charge is 2.64. The van der Waals surface area contributed by atoms with E-state index in [9.17, 15) is 5.11 Å². The predicted molar refractivity (Wildman–Crippen MR) is 45.2 cm³/mol. The van der Waals surface area contributed by atoms with Crippen LogP contribution in [-0.4, -0.2) is 11.2 Å². The third-order valence-electron chi connectivity index (χ3n) is 4.16. The fourth-order valence-corrected chi connectivity index (χ4v) is 3.04. The SMILES string of the molecule is CC(C)[C@@]12C[C@H](O)[C@@H](C)[C@@H]1C2. The van der Waals surface area contributed by atoms with Crippen molar-refractivity contribution >= 4 is 0 Å². The molecule has 0 unspecified atom stereocenters. The molecule has 0 saturated heterocycles. The van der Waals surface area contributed by atoms with Crippen molar-refractivity contribution < 1.29 is 5.11 Å². The molecule has 0 amide bonds.